The summed E-state index contributed by atoms with van der Waals surface area (Å²) < 4.78 is 32.2. The van der Waals surface area contributed by atoms with Crippen molar-refractivity contribution < 1.29 is 23.1 Å². The number of pyridine rings is 1. The van der Waals surface area contributed by atoms with Crippen molar-refractivity contribution in [2.75, 3.05) is 26.7 Å². The van der Waals surface area contributed by atoms with E-state index in [9.17, 15) is 18.4 Å². The first-order chi connectivity index (χ1) is 13.9. The van der Waals surface area contributed by atoms with E-state index in [1.807, 2.05) is 30.3 Å². The molecule has 1 spiro atoms. The van der Waals surface area contributed by atoms with E-state index in [0.29, 0.717) is 18.8 Å². The highest BCUT2D eigenvalue weighted by Crippen LogP contribution is 2.64. The third-order valence-corrected chi connectivity index (χ3v) is 5.69. The molecule has 1 aliphatic carbocycles. The zero-order chi connectivity index (χ0) is 20.6. The summed E-state index contributed by atoms with van der Waals surface area (Å²) in [5.41, 5.74) is 0.711. The number of aromatic nitrogens is 1. The van der Waals surface area contributed by atoms with E-state index in [1.54, 1.807) is 12.1 Å². The van der Waals surface area contributed by atoms with Crippen molar-refractivity contribution >= 4 is 11.8 Å². The number of methoxy groups -OCH3 is 1. The van der Waals surface area contributed by atoms with E-state index in [-0.39, 0.29) is 31.1 Å². The summed E-state index contributed by atoms with van der Waals surface area (Å²) in [5.74, 6) is -3.27. The Morgan fingerprint density at radius 2 is 1.93 bits per heavy atom. The van der Waals surface area contributed by atoms with Crippen LogP contribution in [0.2, 0.25) is 0 Å². The molecule has 1 saturated carbocycles. The Morgan fingerprint density at radius 3 is 2.55 bits per heavy atom. The minimum Gasteiger partial charge on any atom is -0.481 e. The number of ether oxygens (including phenoxy) is 1. The Balaban J connectivity index is 1.38. The number of hydrogen-bond donors (Lipinski definition) is 1. The van der Waals surface area contributed by atoms with Gasteiger partial charge in [-0.1, -0.05) is 30.3 Å². The predicted molar refractivity (Wildman–Crippen MR) is 102 cm³/mol. The molecule has 29 heavy (non-hydrogen) atoms. The molecule has 2 amide bonds. The van der Waals surface area contributed by atoms with Gasteiger partial charge in [0.05, 0.1) is 19.1 Å². The number of hydrogen-bond acceptors (Lipinski definition) is 4. The van der Waals surface area contributed by atoms with Gasteiger partial charge in [-0.05, 0) is 24.1 Å². The van der Waals surface area contributed by atoms with Gasteiger partial charge in [-0.15, -0.1) is 0 Å². The van der Waals surface area contributed by atoms with Crippen LogP contribution in [-0.4, -0.2) is 54.4 Å². The summed E-state index contributed by atoms with van der Waals surface area (Å²) in [7, 11) is 1.47. The van der Waals surface area contributed by atoms with E-state index in [0.717, 1.165) is 11.1 Å². The Kier molecular flexibility index (Phi) is 4.72. The maximum atomic E-state index is 13.5. The number of carbonyl (C=O) groups is 2. The van der Waals surface area contributed by atoms with Gasteiger partial charge in [-0.3, -0.25) is 9.59 Å². The maximum Gasteiger partial charge on any atom is 0.270 e. The van der Waals surface area contributed by atoms with Crippen LogP contribution in [0.1, 0.15) is 23.3 Å². The second kappa shape index (κ2) is 7.09. The molecule has 1 aromatic carbocycles. The van der Waals surface area contributed by atoms with Gasteiger partial charge in [0.2, 0.25) is 11.8 Å². The molecule has 0 radical (unpaired) electrons. The number of likely N-dealkylation sites (tertiary alicyclic amines) is 1. The van der Waals surface area contributed by atoms with Crippen molar-refractivity contribution in [3.05, 3.63) is 48.2 Å². The van der Waals surface area contributed by atoms with Crippen LogP contribution in [0, 0.1) is 5.41 Å². The molecule has 2 aliphatic rings. The van der Waals surface area contributed by atoms with Crippen LogP contribution in [-0.2, 0) is 4.79 Å². The number of alkyl halides is 2. The molecule has 1 atom stereocenters. The molecule has 8 heteroatoms. The van der Waals surface area contributed by atoms with E-state index in [1.165, 1.54) is 12.0 Å². The van der Waals surface area contributed by atoms with Crippen molar-refractivity contribution in [2.24, 2.45) is 5.41 Å². The summed E-state index contributed by atoms with van der Waals surface area (Å²) in [6.45, 7) is 0.0829. The van der Waals surface area contributed by atoms with Gasteiger partial charge in [0, 0.05) is 25.1 Å². The Bertz CT molecular complexity index is 951. The molecule has 1 aliphatic heterocycles. The number of rotatable bonds is 5. The summed E-state index contributed by atoms with van der Waals surface area (Å²) in [6.07, 6.45) is 0.146. The van der Waals surface area contributed by atoms with Crippen molar-refractivity contribution in [1.29, 1.82) is 0 Å². The molecule has 2 fully saturated rings. The highest BCUT2D eigenvalue weighted by atomic mass is 19.3. The van der Waals surface area contributed by atoms with Crippen LogP contribution in [0.4, 0.5) is 8.78 Å². The Labute approximate surface area is 166 Å². The van der Waals surface area contributed by atoms with Crippen LogP contribution in [0.15, 0.2) is 42.5 Å². The van der Waals surface area contributed by atoms with Gasteiger partial charge in [0.15, 0.2) is 0 Å². The maximum absolute atomic E-state index is 13.5. The molecule has 1 unspecified atom stereocenters. The van der Waals surface area contributed by atoms with Gasteiger partial charge in [0.25, 0.3) is 11.8 Å². The van der Waals surface area contributed by atoms with Gasteiger partial charge >= 0.3 is 0 Å². The quantitative estimate of drug-likeness (QED) is 0.836. The van der Waals surface area contributed by atoms with E-state index in [2.05, 4.69) is 10.3 Å². The van der Waals surface area contributed by atoms with Crippen molar-refractivity contribution in [3.8, 4) is 17.0 Å². The zero-order valence-corrected chi connectivity index (χ0v) is 16.0. The molecule has 152 valence electrons. The highest BCUT2D eigenvalue weighted by molar-refractivity contribution is 5.95. The third kappa shape index (κ3) is 3.54. The number of carbonyl (C=O) groups excluding carboxylic acids is 2. The predicted octanol–water partition coefficient (Wildman–Crippen LogP) is 2.74. The van der Waals surface area contributed by atoms with Crippen molar-refractivity contribution in [2.45, 2.75) is 18.8 Å². The van der Waals surface area contributed by atoms with E-state index < -0.39 is 17.2 Å². The number of benzene rings is 1. The summed E-state index contributed by atoms with van der Waals surface area (Å²) >= 11 is 0. The molecule has 1 aromatic heterocycles. The molecule has 1 saturated heterocycles. The fourth-order valence-corrected chi connectivity index (χ4v) is 3.83. The second-order valence-corrected chi connectivity index (χ2v) is 7.53. The third-order valence-electron chi connectivity index (χ3n) is 5.69. The lowest BCUT2D eigenvalue weighted by Gasteiger charge is -2.17. The van der Waals surface area contributed by atoms with Gasteiger partial charge in [-0.2, -0.15) is 0 Å². The number of nitrogens with zero attached hydrogens (tertiary/aromatic N) is 2. The lowest BCUT2D eigenvalue weighted by Crippen LogP contribution is -2.39. The fraction of sp³-hybridized carbons (Fsp3) is 0.381. The van der Waals surface area contributed by atoms with Crippen LogP contribution in [0.25, 0.3) is 11.1 Å². The number of nitrogens with one attached hydrogen (secondary N) is 1. The first-order valence-corrected chi connectivity index (χ1v) is 9.39. The van der Waals surface area contributed by atoms with Gasteiger partial charge in [-0.25, -0.2) is 13.8 Å². The molecular formula is C21H21F2N3O3. The SMILES string of the molecule is COc1nc(C(=O)NCC(=O)N2CCC3(C2)CC3(F)F)ccc1-c1ccccc1. The zero-order valence-electron chi connectivity index (χ0n) is 16.0. The van der Waals surface area contributed by atoms with Crippen LogP contribution in [0.3, 0.4) is 0 Å². The van der Waals surface area contributed by atoms with Crippen LogP contribution >= 0.6 is 0 Å². The summed E-state index contributed by atoms with van der Waals surface area (Å²) in [5, 5.41) is 2.52. The Morgan fingerprint density at radius 1 is 1.21 bits per heavy atom. The lowest BCUT2D eigenvalue weighted by atomic mass is 10.1. The summed E-state index contributed by atoms with van der Waals surface area (Å²) in [6, 6.07) is 12.8. The molecular weight excluding hydrogens is 380 g/mol. The first kappa shape index (κ1) is 19.3. The number of halogens is 2. The molecule has 4 rings (SSSR count). The summed E-state index contributed by atoms with van der Waals surface area (Å²) in [4.78, 5) is 30.3. The minimum atomic E-state index is -2.67. The van der Waals surface area contributed by atoms with Crippen molar-refractivity contribution in [3.63, 3.8) is 0 Å². The van der Waals surface area contributed by atoms with Crippen LogP contribution < -0.4 is 10.1 Å². The fourth-order valence-electron chi connectivity index (χ4n) is 3.83. The van der Waals surface area contributed by atoms with Gasteiger partial charge < -0.3 is 15.0 Å². The first-order valence-electron chi connectivity index (χ1n) is 9.39. The average Bonchev–Trinajstić information content (AvgIpc) is 3.04. The highest BCUT2D eigenvalue weighted by Gasteiger charge is 2.72. The standard InChI is InChI=1S/C21H21F2N3O3/c1-29-19-15(14-5-3-2-4-6-14)7-8-16(25-19)18(28)24-11-17(27)26-10-9-20(13-26)12-21(20,22)23/h2-8H,9-13H2,1H3,(H,24,28). The van der Waals surface area contributed by atoms with Crippen LogP contribution in [0.5, 0.6) is 5.88 Å². The topological polar surface area (TPSA) is 71.5 Å². The van der Waals surface area contributed by atoms with Gasteiger partial charge in [0.1, 0.15) is 5.69 Å². The van der Waals surface area contributed by atoms with E-state index in [4.69, 9.17) is 4.74 Å². The van der Waals surface area contributed by atoms with Crippen molar-refractivity contribution in [1.82, 2.24) is 15.2 Å². The molecule has 2 heterocycles. The van der Waals surface area contributed by atoms with E-state index >= 15 is 0 Å². The largest absolute Gasteiger partial charge is 0.481 e. The molecule has 6 nitrogen and oxygen atoms in total. The lowest BCUT2D eigenvalue weighted by molar-refractivity contribution is -0.129. The minimum absolute atomic E-state index is 0.0482. The molecule has 2 aromatic rings. The normalized spacial score (nSPS) is 21.8. The Hall–Kier alpha value is -3.03. The second-order valence-electron chi connectivity index (χ2n) is 7.53. The molecule has 0 bridgehead atoms. The number of amides is 2. The smallest absolute Gasteiger partial charge is 0.270 e. The monoisotopic (exact) mass is 401 g/mol. The molecule has 1 N–H and O–H groups in total. The average molecular weight is 401 g/mol.